The molecule has 0 aliphatic carbocycles. The third-order valence-electron chi connectivity index (χ3n) is 7.12. The minimum Gasteiger partial charge on any atom is -0.389 e. The van der Waals surface area contributed by atoms with E-state index in [9.17, 15) is 9.90 Å². The minimum absolute atomic E-state index is 0.165. The van der Waals surface area contributed by atoms with Crippen LogP contribution in [0.4, 0.5) is 0 Å². The molecular formula is C33H35N3O3S. The molecule has 40 heavy (non-hydrogen) atoms. The topological polar surface area (TPSA) is 87.2 Å². The first-order valence-electron chi connectivity index (χ1n) is 13.6. The fourth-order valence-corrected chi connectivity index (χ4v) is 5.46. The van der Waals surface area contributed by atoms with Crippen LogP contribution in [0.2, 0.25) is 0 Å². The molecule has 206 valence electrons. The molecule has 3 N–H and O–H groups in total. The number of hydrogen-bond donors (Lipinski definition) is 3. The van der Waals surface area contributed by atoms with Crippen molar-refractivity contribution in [3.63, 3.8) is 0 Å². The molecule has 1 unspecified atom stereocenters. The molecule has 0 radical (unpaired) electrons. The van der Waals surface area contributed by atoms with E-state index in [1.54, 1.807) is 0 Å². The number of nitrogens with one attached hydrogen (secondary N) is 2. The lowest BCUT2D eigenvalue weighted by atomic mass is 9.93. The van der Waals surface area contributed by atoms with Crippen molar-refractivity contribution >= 4 is 22.3 Å². The Balaban J connectivity index is 1.16. The number of fused-ring (bicyclic) bond motifs is 1. The van der Waals surface area contributed by atoms with E-state index in [-0.39, 0.29) is 23.1 Å². The van der Waals surface area contributed by atoms with Crippen molar-refractivity contribution < 1.29 is 9.84 Å². The average molecular weight is 554 g/mol. The molecule has 5 rings (SSSR count). The number of aliphatic hydroxyl groups is 1. The Morgan fingerprint density at radius 2 is 1.65 bits per heavy atom. The predicted octanol–water partition coefficient (Wildman–Crippen LogP) is 6.37. The van der Waals surface area contributed by atoms with Gasteiger partial charge in [0, 0.05) is 29.2 Å². The molecule has 1 aromatic heterocycles. The Bertz CT molecular complexity index is 1620. The van der Waals surface area contributed by atoms with Crippen LogP contribution in [0, 0.1) is 0 Å². The van der Waals surface area contributed by atoms with Gasteiger partial charge in [-0.15, -0.1) is 0 Å². The number of aliphatic hydroxyl groups excluding tert-OH is 1. The Morgan fingerprint density at radius 3 is 2.40 bits per heavy atom. The van der Waals surface area contributed by atoms with E-state index < -0.39 is 6.10 Å². The number of benzene rings is 4. The zero-order valence-corrected chi connectivity index (χ0v) is 23.9. The summed E-state index contributed by atoms with van der Waals surface area (Å²) in [7, 11) is 0. The molecule has 0 spiro atoms. The van der Waals surface area contributed by atoms with Gasteiger partial charge in [-0.3, -0.25) is 9.78 Å². The van der Waals surface area contributed by atoms with Gasteiger partial charge in [0.2, 0.25) is 0 Å². The van der Waals surface area contributed by atoms with Gasteiger partial charge >= 0.3 is 4.87 Å². The molecule has 0 aliphatic rings. The van der Waals surface area contributed by atoms with Crippen LogP contribution < -0.4 is 10.2 Å². The Kier molecular flexibility index (Phi) is 8.57. The number of H-pyrrole nitrogens is 1. The predicted molar refractivity (Wildman–Crippen MR) is 164 cm³/mol. The van der Waals surface area contributed by atoms with Crippen LogP contribution in [0.1, 0.15) is 38.0 Å². The normalized spacial score (nSPS) is 13.4. The maximum atomic E-state index is 11.4. The zero-order chi connectivity index (χ0) is 28.1. The van der Waals surface area contributed by atoms with Gasteiger partial charge in [0.15, 0.2) is 5.82 Å². The highest BCUT2D eigenvalue weighted by atomic mass is 32.1. The summed E-state index contributed by atoms with van der Waals surface area (Å²) in [6.45, 7) is 6.99. The molecule has 2 atom stereocenters. The van der Waals surface area contributed by atoms with Gasteiger partial charge in [-0.05, 0) is 60.2 Å². The quantitative estimate of drug-likeness (QED) is 0.177. The number of ether oxygens (including phenoxy) is 1. The van der Waals surface area contributed by atoms with Gasteiger partial charge in [0.25, 0.3) is 0 Å². The van der Waals surface area contributed by atoms with Crippen LogP contribution in [0.3, 0.4) is 0 Å². The Hall–Kier alpha value is -3.62. The van der Waals surface area contributed by atoms with Gasteiger partial charge < -0.3 is 15.2 Å². The van der Waals surface area contributed by atoms with Crippen LogP contribution in [0.25, 0.3) is 33.3 Å². The fourth-order valence-electron chi connectivity index (χ4n) is 5.00. The van der Waals surface area contributed by atoms with Crippen molar-refractivity contribution in [3.05, 3.63) is 112 Å². The lowest BCUT2D eigenvalue weighted by molar-refractivity contribution is -0.00397. The van der Waals surface area contributed by atoms with E-state index in [0.29, 0.717) is 12.4 Å². The van der Waals surface area contributed by atoms with Crippen molar-refractivity contribution in [1.29, 1.82) is 0 Å². The average Bonchev–Trinajstić information content (AvgIpc) is 3.41. The van der Waals surface area contributed by atoms with E-state index in [1.165, 1.54) is 16.3 Å². The van der Waals surface area contributed by atoms with Gasteiger partial charge in [-0.25, -0.2) is 0 Å². The summed E-state index contributed by atoms with van der Waals surface area (Å²) in [6, 6.07) is 31.1. The van der Waals surface area contributed by atoms with Crippen LogP contribution in [0.15, 0.2) is 95.8 Å². The molecule has 0 bridgehead atoms. The first-order valence-corrected chi connectivity index (χ1v) is 14.3. The third-order valence-corrected chi connectivity index (χ3v) is 7.66. The highest BCUT2D eigenvalue weighted by Gasteiger charge is 2.21. The lowest BCUT2D eigenvalue weighted by Gasteiger charge is -2.28. The SMILES string of the molecule is CC(OC[C@H](O)CNC(C)(C)Cc1ccc2ccccc2c1)c1ccccc1-c1ccc(-c2nsc(=O)[nH]2)cc1. The Labute approximate surface area is 238 Å². The van der Waals surface area contributed by atoms with E-state index in [2.05, 4.69) is 83.1 Å². The van der Waals surface area contributed by atoms with E-state index in [4.69, 9.17) is 4.74 Å². The monoisotopic (exact) mass is 553 g/mol. The van der Waals surface area contributed by atoms with Crippen LogP contribution in [0.5, 0.6) is 0 Å². The maximum Gasteiger partial charge on any atom is 0.323 e. The third kappa shape index (κ3) is 6.92. The molecule has 1 heterocycles. The van der Waals surface area contributed by atoms with E-state index >= 15 is 0 Å². The molecular weight excluding hydrogens is 518 g/mol. The molecule has 6 nitrogen and oxygen atoms in total. The second-order valence-corrected chi connectivity index (χ2v) is 11.6. The molecule has 0 aliphatic heterocycles. The minimum atomic E-state index is -0.634. The summed E-state index contributed by atoms with van der Waals surface area (Å²) in [6.07, 6.45) is 0.0167. The summed E-state index contributed by atoms with van der Waals surface area (Å²) >= 11 is 0.916. The first kappa shape index (κ1) is 27.9. The number of hydrogen-bond acceptors (Lipinski definition) is 6. The van der Waals surface area contributed by atoms with Crippen LogP contribution >= 0.6 is 11.5 Å². The highest BCUT2D eigenvalue weighted by Crippen LogP contribution is 2.31. The molecule has 0 saturated heterocycles. The zero-order valence-electron chi connectivity index (χ0n) is 23.1. The smallest absolute Gasteiger partial charge is 0.323 e. The van der Waals surface area contributed by atoms with Crippen molar-refractivity contribution in [2.75, 3.05) is 13.2 Å². The van der Waals surface area contributed by atoms with Crippen molar-refractivity contribution in [2.24, 2.45) is 0 Å². The van der Waals surface area contributed by atoms with Gasteiger partial charge in [-0.1, -0.05) is 91.0 Å². The van der Waals surface area contributed by atoms with Crippen molar-refractivity contribution in [2.45, 2.75) is 44.9 Å². The second-order valence-electron chi connectivity index (χ2n) is 10.9. The molecule has 0 fully saturated rings. The summed E-state index contributed by atoms with van der Waals surface area (Å²) < 4.78 is 10.3. The molecule has 5 aromatic rings. The summed E-state index contributed by atoms with van der Waals surface area (Å²) in [5.41, 5.74) is 5.11. The van der Waals surface area contributed by atoms with E-state index in [1.807, 2.05) is 43.3 Å². The largest absolute Gasteiger partial charge is 0.389 e. The summed E-state index contributed by atoms with van der Waals surface area (Å²) in [5, 5.41) is 16.7. The van der Waals surface area contributed by atoms with Crippen LogP contribution in [-0.4, -0.2) is 39.3 Å². The number of β-amino-alcohol motifs (C(OH)–C–C–N with tert-alkyl or cyclic N) is 1. The van der Waals surface area contributed by atoms with Gasteiger partial charge in [0.05, 0.1) is 18.8 Å². The molecule has 0 saturated carbocycles. The van der Waals surface area contributed by atoms with Crippen molar-refractivity contribution in [1.82, 2.24) is 14.7 Å². The van der Waals surface area contributed by atoms with Gasteiger partial charge in [0.1, 0.15) is 0 Å². The van der Waals surface area contributed by atoms with Crippen molar-refractivity contribution in [3.8, 4) is 22.5 Å². The number of nitrogens with zero attached hydrogens (tertiary/aromatic N) is 1. The molecule has 7 heteroatoms. The number of aromatic amines is 1. The van der Waals surface area contributed by atoms with Crippen LogP contribution in [-0.2, 0) is 11.2 Å². The van der Waals surface area contributed by atoms with E-state index in [0.717, 1.165) is 40.2 Å². The maximum absolute atomic E-state index is 11.4. The summed E-state index contributed by atoms with van der Waals surface area (Å²) in [5.74, 6) is 0.578. The van der Waals surface area contributed by atoms with Gasteiger partial charge in [-0.2, -0.15) is 4.37 Å². The molecule has 4 aromatic carbocycles. The summed E-state index contributed by atoms with van der Waals surface area (Å²) in [4.78, 5) is 14.0. The highest BCUT2D eigenvalue weighted by molar-refractivity contribution is 7.03. The first-order chi connectivity index (χ1) is 19.3. The standard InChI is InChI=1S/C33H35N3O3S/c1-22(29-10-6-7-11-30(29)25-14-16-26(17-15-25)31-35-32(38)40-36-31)39-21-28(37)20-34-33(2,3)19-23-12-13-24-8-4-5-9-27(24)18-23/h4-18,22,28,34,37H,19-21H2,1-3H3,(H,35,36,38)/t22?,28-/m1/s1. The fraction of sp³-hybridized carbons (Fsp3) is 0.273. The number of aromatic nitrogens is 2. The Morgan fingerprint density at radius 1 is 0.950 bits per heavy atom. The lowest BCUT2D eigenvalue weighted by Crippen LogP contribution is -2.46. The second kappa shape index (κ2) is 12.3. The number of rotatable bonds is 11. The molecule has 0 amide bonds.